The third-order valence-electron chi connectivity index (χ3n) is 2.67. The lowest BCUT2D eigenvalue weighted by Crippen LogP contribution is -2.47. The van der Waals surface area contributed by atoms with Gasteiger partial charge in [0, 0.05) is 13.6 Å². The average Bonchev–Trinajstić information content (AvgIpc) is 2.33. The molecule has 1 atom stereocenters. The fourth-order valence-corrected chi connectivity index (χ4v) is 1.45. The van der Waals surface area contributed by atoms with Gasteiger partial charge in [-0.15, -0.1) is 0 Å². The third-order valence-corrected chi connectivity index (χ3v) is 2.67. The highest BCUT2D eigenvalue weighted by atomic mass is 16.5. The Labute approximate surface area is 115 Å². The van der Waals surface area contributed by atoms with Crippen LogP contribution in [0.3, 0.4) is 0 Å². The minimum absolute atomic E-state index is 0.118. The number of hydrogen-bond acceptors (Lipinski definition) is 3. The summed E-state index contributed by atoms with van der Waals surface area (Å²) in [6.07, 6.45) is 2.25. The quantitative estimate of drug-likeness (QED) is 0.670. The van der Waals surface area contributed by atoms with Gasteiger partial charge in [-0.1, -0.05) is 19.8 Å². The Morgan fingerprint density at radius 2 is 2.00 bits per heavy atom. The summed E-state index contributed by atoms with van der Waals surface area (Å²) in [5.41, 5.74) is 0. The number of urea groups is 1. The molecule has 0 rings (SSSR count). The zero-order valence-corrected chi connectivity index (χ0v) is 12.3. The van der Waals surface area contributed by atoms with Crippen molar-refractivity contribution < 1.29 is 19.4 Å². The smallest absolute Gasteiger partial charge is 0.326 e. The molecule has 0 aromatic rings. The first-order chi connectivity index (χ1) is 8.88. The summed E-state index contributed by atoms with van der Waals surface area (Å²) >= 11 is 0. The second kappa shape index (κ2) is 9.61. The molecule has 0 bridgehead atoms. The SMILES string of the molecule is CCCCC(NC(=O)N(C)CCOC(C)C)C(=O)O. The van der Waals surface area contributed by atoms with Crippen molar-refractivity contribution in [3.63, 3.8) is 0 Å². The molecule has 6 heteroatoms. The Balaban J connectivity index is 4.12. The average molecular weight is 274 g/mol. The van der Waals surface area contributed by atoms with Gasteiger partial charge in [0.05, 0.1) is 12.7 Å². The zero-order chi connectivity index (χ0) is 14.8. The molecule has 0 aromatic carbocycles. The van der Waals surface area contributed by atoms with E-state index in [0.717, 1.165) is 12.8 Å². The Kier molecular flexibility index (Phi) is 8.95. The number of nitrogens with one attached hydrogen (secondary N) is 1. The summed E-state index contributed by atoms with van der Waals surface area (Å²) in [6.45, 7) is 6.70. The molecule has 2 N–H and O–H groups in total. The number of likely N-dealkylation sites (N-methyl/N-ethyl adjacent to an activating group) is 1. The van der Waals surface area contributed by atoms with Gasteiger partial charge in [0.15, 0.2) is 0 Å². The fraction of sp³-hybridized carbons (Fsp3) is 0.846. The van der Waals surface area contributed by atoms with Gasteiger partial charge in [-0.2, -0.15) is 0 Å². The minimum atomic E-state index is -0.992. The number of aliphatic carboxylic acids is 1. The monoisotopic (exact) mass is 274 g/mol. The second-order valence-corrected chi connectivity index (χ2v) is 4.82. The lowest BCUT2D eigenvalue weighted by Gasteiger charge is -2.21. The van der Waals surface area contributed by atoms with Crippen LogP contribution in [0, 0.1) is 0 Å². The number of nitrogens with zero attached hydrogens (tertiary/aromatic N) is 1. The molecule has 112 valence electrons. The summed E-state index contributed by atoms with van der Waals surface area (Å²) in [7, 11) is 1.62. The van der Waals surface area contributed by atoms with Crippen molar-refractivity contribution in [2.45, 2.75) is 52.2 Å². The van der Waals surface area contributed by atoms with Crippen molar-refractivity contribution in [2.24, 2.45) is 0 Å². The number of carboxylic acids is 1. The maximum atomic E-state index is 11.8. The van der Waals surface area contributed by atoms with E-state index >= 15 is 0 Å². The molecule has 0 radical (unpaired) electrons. The number of rotatable bonds is 9. The van der Waals surface area contributed by atoms with Crippen LogP contribution < -0.4 is 5.32 Å². The highest BCUT2D eigenvalue weighted by Gasteiger charge is 2.20. The van der Waals surface area contributed by atoms with Crippen molar-refractivity contribution >= 4 is 12.0 Å². The van der Waals surface area contributed by atoms with E-state index in [0.29, 0.717) is 19.6 Å². The van der Waals surface area contributed by atoms with Crippen LogP contribution in [0.1, 0.15) is 40.0 Å². The van der Waals surface area contributed by atoms with E-state index < -0.39 is 12.0 Å². The van der Waals surface area contributed by atoms with E-state index in [2.05, 4.69) is 5.32 Å². The highest BCUT2D eigenvalue weighted by molar-refractivity contribution is 5.82. The first-order valence-corrected chi connectivity index (χ1v) is 6.74. The van der Waals surface area contributed by atoms with Crippen LogP contribution in [0.2, 0.25) is 0 Å². The van der Waals surface area contributed by atoms with Crippen molar-refractivity contribution in [1.29, 1.82) is 0 Å². The molecule has 0 aliphatic heterocycles. The predicted molar refractivity (Wildman–Crippen MR) is 73.2 cm³/mol. The fourth-order valence-electron chi connectivity index (χ4n) is 1.45. The molecule has 1 unspecified atom stereocenters. The number of ether oxygens (including phenoxy) is 1. The summed E-state index contributed by atoms with van der Waals surface area (Å²) in [5.74, 6) is -0.992. The van der Waals surface area contributed by atoms with Crippen LogP contribution in [-0.2, 0) is 9.53 Å². The molecule has 0 spiro atoms. The summed E-state index contributed by atoms with van der Waals surface area (Å²) < 4.78 is 5.34. The maximum absolute atomic E-state index is 11.8. The van der Waals surface area contributed by atoms with E-state index in [1.165, 1.54) is 4.90 Å². The number of carbonyl (C=O) groups is 2. The molecule has 0 saturated heterocycles. The highest BCUT2D eigenvalue weighted by Crippen LogP contribution is 2.02. The first kappa shape index (κ1) is 17.7. The topological polar surface area (TPSA) is 78.9 Å². The van der Waals surface area contributed by atoms with Gasteiger partial charge in [-0.3, -0.25) is 0 Å². The third kappa shape index (κ3) is 8.42. The molecule has 19 heavy (non-hydrogen) atoms. The Morgan fingerprint density at radius 3 is 2.47 bits per heavy atom. The minimum Gasteiger partial charge on any atom is -0.480 e. The van der Waals surface area contributed by atoms with Gasteiger partial charge < -0.3 is 20.1 Å². The molecule has 0 heterocycles. The number of carboxylic acid groups (broad SMARTS) is 1. The summed E-state index contributed by atoms with van der Waals surface area (Å²) in [5, 5.41) is 11.5. The van der Waals surface area contributed by atoms with Gasteiger partial charge in [0.1, 0.15) is 6.04 Å². The predicted octanol–water partition coefficient (Wildman–Crippen LogP) is 1.70. The summed E-state index contributed by atoms with van der Waals surface area (Å²) in [6, 6.07) is -1.20. The van der Waals surface area contributed by atoms with Crippen LogP contribution in [0.4, 0.5) is 4.79 Å². The Morgan fingerprint density at radius 1 is 1.37 bits per heavy atom. The van der Waals surface area contributed by atoms with Crippen LogP contribution in [-0.4, -0.2) is 54.4 Å². The van der Waals surface area contributed by atoms with Crippen LogP contribution in [0.5, 0.6) is 0 Å². The molecule has 2 amide bonds. The Hall–Kier alpha value is -1.30. The molecule has 0 saturated carbocycles. The van der Waals surface area contributed by atoms with Gasteiger partial charge in [0.2, 0.25) is 0 Å². The largest absolute Gasteiger partial charge is 0.480 e. The van der Waals surface area contributed by atoms with Crippen molar-refractivity contribution in [3.05, 3.63) is 0 Å². The molecular weight excluding hydrogens is 248 g/mol. The number of hydrogen-bond donors (Lipinski definition) is 2. The molecule has 0 fully saturated rings. The number of carbonyl (C=O) groups excluding carboxylic acids is 1. The van der Waals surface area contributed by atoms with E-state index in [-0.39, 0.29) is 12.1 Å². The lowest BCUT2D eigenvalue weighted by molar-refractivity contribution is -0.139. The van der Waals surface area contributed by atoms with Gasteiger partial charge in [-0.05, 0) is 20.3 Å². The first-order valence-electron chi connectivity index (χ1n) is 6.74. The van der Waals surface area contributed by atoms with Crippen molar-refractivity contribution in [1.82, 2.24) is 10.2 Å². The van der Waals surface area contributed by atoms with Crippen molar-refractivity contribution in [3.8, 4) is 0 Å². The number of unbranched alkanes of at least 4 members (excludes halogenated alkanes) is 1. The van der Waals surface area contributed by atoms with Gasteiger partial charge in [-0.25, -0.2) is 9.59 Å². The van der Waals surface area contributed by atoms with Crippen LogP contribution in [0.25, 0.3) is 0 Å². The van der Waals surface area contributed by atoms with Gasteiger partial charge in [0.25, 0.3) is 0 Å². The lowest BCUT2D eigenvalue weighted by atomic mass is 10.1. The Bertz CT molecular complexity index is 282. The molecule has 0 aromatic heterocycles. The van der Waals surface area contributed by atoms with E-state index in [1.54, 1.807) is 7.05 Å². The van der Waals surface area contributed by atoms with E-state index in [9.17, 15) is 9.59 Å². The van der Waals surface area contributed by atoms with Crippen molar-refractivity contribution in [2.75, 3.05) is 20.2 Å². The van der Waals surface area contributed by atoms with Gasteiger partial charge >= 0.3 is 12.0 Å². The molecule has 0 aliphatic carbocycles. The van der Waals surface area contributed by atoms with E-state index in [4.69, 9.17) is 9.84 Å². The molecule has 0 aliphatic rings. The maximum Gasteiger partial charge on any atom is 0.326 e. The normalized spacial score (nSPS) is 12.3. The van der Waals surface area contributed by atoms with E-state index in [1.807, 2.05) is 20.8 Å². The zero-order valence-electron chi connectivity index (χ0n) is 12.3. The van der Waals surface area contributed by atoms with Crippen LogP contribution in [0.15, 0.2) is 0 Å². The number of amides is 2. The molecule has 6 nitrogen and oxygen atoms in total. The molecular formula is C13H26N2O4. The second-order valence-electron chi connectivity index (χ2n) is 4.82. The van der Waals surface area contributed by atoms with Crippen LogP contribution >= 0.6 is 0 Å². The summed E-state index contributed by atoms with van der Waals surface area (Å²) in [4.78, 5) is 24.2. The standard InChI is InChI=1S/C13H26N2O4/c1-5-6-7-11(12(16)17)14-13(18)15(4)8-9-19-10(2)3/h10-11H,5-9H2,1-4H3,(H,14,18)(H,16,17).